The van der Waals surface area contributed by atoms with Crippen LogP contribution in [-0.2, 0) is 28.6 Å². The Labute approximate surface area is 358 Å². The van der Waals surface area contributed by atoms with Crippen LogP contribution >= 0.6 is 0 Å². The Morgan fingerprint density at radius 3 is 2.25 bits per heavy atom. The molecular weight excluding hydrogens is 789 g/mol. The first-order valence-corrected chi connectivity index (χ1v) is 21.1. The Balaban J connectivity index is 1.90. The smallest absolute Gasteiger partial charge is 0.312 e. The molecule has 5 rings (SSSR count). The molecule has 1 amide bonds. The number of Topliss-reactive ketones (excluding diaryl/α,β-unsaturated/α-hetero) is 1. The van der Waals surface area contributed by atoms with E-state index in [-0.39, 0.29) is 51.1 Å². The summed E-state index contributed by atoms with van der Waals surface area (Å²) >= 11 is 0. The molecule has 2 aromatic carbocycles. The van der Waals surface area contributed by atoms with Gasteiger partial charge in [-0.2, -0.15) is 0 Å². The highest BCUT2D eigenvalue weighted by Crippen LogP contribution is 2.55. The fraction of sp³-hybridized carbons (Fsp3) is 0.565. The fourth-order valence-electron chi connectivity index (χ4n) is 7.96. The number of anilines is 1. The number of ketones is 1. The van der Waals surface area contributed by atoms with Gasteiger partial charge in [-0.3, -0.25) is 14.4 Å². The average molecular weight is 853 g/mol. The summed E-state index contributed by atoms with van der Waals surface area (Å²) in [5.41, 5.74) is -0.543. The SMILES string of the molecule is CCCCCCCCON=Cc1c2c(O)c3c(O)c(C)c4c(c3c1O)C(=O)[C@@](C)(O/C=C\[C@H](OC)[C@@H](C)[C@@H](OC(C)=O)[C@H](C)[C@H](O)[C@H](C)[C@@H](O)[C@@H](C)/C=C\C=C(\C)C(=O)N2)O4. The van der Waals surface area contributed by atoms with Crippen molar-refractivity contribution in [2.75, 3.05) is 19.0 Å². The lowest BCUT2D eigenvalue weighted by molar-refractivity contribution is -0.160. The van der Waals surface area contributed by atoms with Crippen LogP contribution in [0.15, 0.2) is 41.3 Å². The number of ether oxygens (including phenoxy) is 4. The first-order valence-electron chi connectivity index (χ1n) is 21.1. The third-order valence-corrected chi connectivity index (χ3v) is 11.9. The van der Waals surface area contributed by atoms with Gasteiger partial charge in [-0.1, -0.05) is 83.7 Å². The van der Waals surface area contributed by atoms with Gasteiger partial charge in [0.15, 0.2) is 5.75 Å². The summed E-state index contributed by atoms with van der Waals surface area (Å²) in [6.45, 7) is 14.9. The molecular formula is C46H64N2O13. The van der Waals surface area contributed by atoms with E-state index in [1.165, 1.54) is 53.2 Å². The molecule has 0 radical (unpaired) electrons. The minimum atomic E-state index is -2.06. The molecule has 61 heavy (non-hydrogen) atoms. The molecule has 0 fully saturated rings. The van der Waals surface area contributed by atoms with Crippen molar-refractivity contribution in [3.8, 4) is 23.0 Å². The van der Waals surface area contributed by atoms with Gasteiger partial charge in [0.2, 0.25) is 0 Å². The average Bonchev–Trinajstić information content (AvgIpc) is 3.49. The molecule has 0 saturated carbocycles. The van der Waals surface area contributed by atoms with Gasteiger partial charge in [0.1, 0.15) is 30.0 Å². The van der Waals surface area contributed by atoms with E-state index in [1.54, 1.807) is 39.8 Å². The number of benzene rings is 2. The lowest BCUT2D eigenvalue weighted by atomic mass is 9.78. The van der Waals surface area contributed by atoms with Crippen molar-refractivity contribution in [3.05, 3.63) is 52.8 Å². The fourth-order valence-corrected chi connectivity index (χ4v) is 7.96. The van der Waals surface area contributed by atoms with Crippen LogP contribution in [0.25, 0.3) is 10.8 Å². The zero-order valence-corrected chi connectivity index (χ0v) is 37.0. The molecule has 0 saturated heterocycles. The predicted octanol–water partition coefficient (Wildman–Crippen LogP) is 7.47. The van der Waals surface area contributed by atoms with E-state index in [2.05, 4.69) is 17.4 Å². The van der Waals surface area contributed by atoms with Crippen molar-refractivity contribution < 1.29 is 63.7 Å². The highest BCUT2D eigenvalue weighted by Gasteiger charge is 2.50. The van der Waals surface area contributed by atoms with Gasteiger partial charge >= 0.3 is 11.8 Å². The molecule has 3 heterocycles. The number of fused-ring (bicyclic) bond motifs is 14. The lowest BCUT2D eigenvalue weighted by Crippen LogP contribution is -2.46. The van der Waals surface area contributed by atoms with Gasteiger partial charge in [0, 0.05) is 61.2 Å². The van der Waals surface area contributed by atoms with Gasteiger partial charge < -0.3 is 54.6 Å². The van der Waals surface area contributed by atoms with Crippen molar-refractivity contribution in [2.24, 2.45) is 28.8 Å². The standard InChI is InChI=1S/C46H64N2O13/c1-11-12-13-14-15-16-21-59-47-23-31-36-41(54)34-33(40(31)53)35-43(29(7)39(34)52)61-46(9,44(35)55)58-22-20-32(57-10)26(4)42(60-30(8)49)28(6)38(51)27(5)37(50)24(2)18-17-19-25(3)45(56)48-36/h17-20,22-24,26-28,32,37-38,42,50-54H,11-16,21H2,1-10H3,(H,48,56)/b18-17-,22-20-,25-19-,47-23?/t24-,26+,27+,28+,32-,37-,38+,42+,46-/m0/s1. The molecule has 336 valence electrons. The molecule has 6 N–H and O–H groups in total. The molecule has 0 spiro atoms. The summed E-state index contributed by atoms with van der Waals surface area (Å²) in [5.74, 6) is -8.55. The van der Waals surface area contributed by atoms with Crippen LogP contribution < -0.4 is 10.1 Å². The number of aromatic hydroxyl groups is 3. The number of aliphatic hydroxyl groups is 2. The number of phenolic OH excluding ortho intramolecular Hbond substituents is 3. The number of carbonyl (C=O) groups excluding carboxylic acids is 3. The molecule has 5 bridgehead atoms. The van der Waals surface area contributed by atoms with Crippen LogP contribution in [0.3, 0.4) is 0 Å². The second-order valence-electron chi connectivity index (χ2n) is 16.5. The number of esters is 1. The zero-order chi connectivity index (χ0) is 45.3. The molecule has 3 aliphatic heterocycles. The molecule has 0 aromatic heterocycles. The first-order chi connectivity index (χ1) is 28.8. The minimum absolute atomic E-state index is 0.0419. The van der Waals surface area contributed by atoms with Crippen molar-refractivity contribution in [2.45, 2.75) is 131 Å². The highest BCUT2D eigenvalue weighted by atomic mass is 16.7. The van der Waals surface area contributed by atoms with E-state index in [1.807, 2.05) is 0 Å². The number of hydrogen-bond acceptors (Lipinski definition) is 14. The summed E-state index contributed by atoms with van der Waals surface area (Å²) in [4.78, 5) is 45.9. The Hall–Kier alpha value is -5.12. The van der Waals surface area contributed by atoms with Gasteiger partial charge in [-0.25, -0.2) is 0 Å². The maximum absolute atomic E-state index is 14.4. The monoisotopic (exact) mass is 852 g/mol. The largest absolute Gasteiger partial charge is 0.507 e. The molecule has 3 aliphatic rings. The summed E-state index contributed by atoms with van der Waals surface area (Å²) in [5, 5.41) is 64.3. The van der Waals surface area contributed by atoms with Crippen LogP contribution in [0.2, 0.25) is 0 Å². The van der Waals surface area contributed by atoms with Crippen molar-refractivity contribution >= 4 is 40.3 Å². The van der Waals surface area contributed by atoms with E-state index in [0.29, 0.717) is 0 Å². The first kappa shape index (κ1) is 48.5. The molecule has 0 unspecified atom stereocenters. The Morgan fingerprint density at radius 2 is 1.59 bits per heavy atom. The Morgan fingerprint density at radius 1 is 0.918 bits per heavy atom. The molecule has 0 aliphatic carbocycles. The number of amides is 1. The molecule has 15 heteroatoms. The number of rotatable bonds is 11. The van der Waals surface area contributed by atoms with E-state index in [9.17, 15) is 39.9 Å². The van der Waals surface area contributed by atoms with Gasteiger partial charge in [-0.05, 0) is 32.8 Å². The maximum atomic E-state index is 14.4. The molecule has 15 nitrogen and oxygen atoms in total. The number of nitrogens with zero attached hydrogens (tertiary/aromatic N) is 1. The highest BCUT2D eigenvalue weighted by molar-refractivity contribution is 6.23. The quantitative estimate of drug-likeness (QED) is 0.0323. The third kappa shape index (κ3) is 10.7. The number of hydrogen-bond donors (Lipinski definition) is 6. The van der Waals surface area contributed by atoms with E-state index >= 15 is 0 Å². The molecule has 2 aromatic rings. The Kier molecular flexibility index (Phi) is 16.8. The number of unbranched alkanes of at least 4 members (excludes halogenated alkanes) is 5. The normalized spacial score (nSPS) is 29.5. The summed E-state index contributed by atoms with van der Waals surface area (Å²) in [6, 6.07) is 0. The van der Waals surface area contributed by atoms with Crippen LogP contribution in [0.1, 0.15) is 115 Å². The second-order valence-corrected chi connectivity index (χ2v) is 16.5. The van der Waals surface area contributed by atoms with Crippen LogP contribution in [0.4, 0.5) is 5.69 Å². The number of nitrogens with one attached hydrogen (secondary N) is 1. The van der Waals surface area contributed by atoms with E-state index in [0.717, 1.165) is 44.7 Å². The maximum Gasteiger partial charge on any atom is 0.312 e. The van der Waals surface area contributed by atoms with Gasteiger partial charge in [0.25, 0.3) is 11.7 Å². The van der Waals surface area contributed by atoms with Crippen LogP contribution in [0.5, 0.6) is 23.0 Å². The zero-order valence-electron chi connectivity index (χ0n) is 37.0. The van der Waals surface area contributed by atoms with Crippen molar-refractivity contribution in [1.82, 2.24) is 0 Å². The van der Waals surface area contributed by atoms with Crippen molar-refractivity contribution in [1.29, 1.82) is 0 Å². The Bertz CT molecular complexity index is 2040. The summed E-state index contributed by atoms with van der Waals surface area (Å²) < 4.78 is 23.6. The van der Waals surface area contributed by atoms with Crippen LogP contribution in [0, 0.1) is 30.6 Å². The number of allylic oxidation sites excluding steroid dienone is 2. The predicted molar refractivity (Wildman–Crippen MR) is 231 cm³/mol. The number of oxime groups is 1. The van der Waals surface area contributed by atoms with Crippen LogP contribution in [-0.4, -0.2) is 93.3 Å². The van der Waals surface area contributed by atoms with Gasteiger partial charge in [0.05, 0.1) is 53.0 Å². The second kappa shape index (κ2) is 21.1. The molecule has 9 atom stereocenters. The number of methoxy groups -OCH3 is 1. The topological polar surface area (TPSA) is 223 Å². The van der Waals surface area contributed by atoms with Gasteiger partial charge in [-0.15, -0.1) is 0 Å². The number of phenols is 3. The minimum Gasteiger partial charge on any atom is -0.507 e. The third-order valence-electron chi connectivity index (χ3n) is 11.9. The summed E-state index contributed by atoms with van der Waals surface area (Å²) in [7, 11) is 1.43. The van der Waals surface area contributed by atoms with Crippen molar-refractivity contribution in [3.63, 3.8) is 0 Å². The number of aliphatic hydroxyl groups excluding tert-OH is 2. The van der Waals surface area contributed by atoms with E-state index in [4.69, 9.17) is 23.8 Å². The summed E-state index contributed by atoms with van der Waals surface area (Å²) in [6.07, 6.45) is 10.7. The number of carbonyl (C=O) groups is 3. The lowest BCUT2D eigenvalue weighted by Gasteiger charge is -2.38. The van der Waals surface area contributed by atoms with E-state index < -0.39 is 88.8 Å².